The third-order valence-electron chi connectivity index (χ3n) is 2.88. The fourth-order valence-electron chi connectivity index (χ4n) is 1.83. The van der Waals surface area contributed by atoms with Gasteiger partial charge in [-0.3, -0.25) is 10.1 Å². The number of benzene rings is 2. The first kappa shape index (κ1) is 15.1. The lowest BCUT2D eigenvalue weighted by Gasteiger charge is -2.09. The molecule has 0 bridgehead atoms. The molecule has 21 heavy (non-hydrogen) atoms. The zero-order valence-electron chi connectivity index (χ0n) is 11.2. The number of ether oxygens (including phenoxy) is 1. The van der Waals surface area contributed by atoms with Gasteiger partial charge in [-0.15, -0.1) is 0 Å². The average Bonchev–Trinajstić information content (AvgIpc) is 2.47. The van der Waals surface area contributed by atoms with Crippen LogP contribution in [0.5, 0.6) is 11.5 Å². The Hall–Kier alpha value is -2.28. The number of phenolic OH excluding ortho intramolecular Hbond substituents is 1. The van der Waals surface area contributed by atoms with E-state index in [0.717, 1.165) is 5.56 Å². The maximum Gasteiger partial charge on any atom is 0.293 e. The van der Waals surface area contributed by atoms with E-state index in [9.17, 15) is 15.2 Å². The van der Waals surface area contributed by atoms with Gasteiger partial charge in [-0.25, -0.2) is 0 Å². The molecule has 0 aliphatic carbocycles. The van der Waals surface area contributed by atoms with E-state index < -0.39 is 4.92 Å². The molecule has 0 saturated heterocycles. The van der Waals surface area contributed by atoms with E-state index in [1.54, 1.807) is 24.3 Å². The molecule has 0 saturated carbocycles. The molecule has 0 radical (unpaired) electrons. The normalized spacial score (nSPS) is 10.2. The molecule has 0 aliphatic rings. The molecule has 0 aromatic heterocycles. The van der Waals surface area contributed by atoms with Gasteiger partial charge in [0.05, 0.1) is 12.0 Å². The van der Waals surface area contributed by atoms with Crippen molar-refractivity contribution < 1.29 is 14.8 Å². The Bertz CT molecular complexity index is 676. The van der Waals surface area contributed by atoms with E-state index >= 15 is 0 Å². The Balaban J connectivity index is 2.18. The minimum atomic E-state index is -0.440. The van der Waals surface area contributed by atoms with Crippen LogP contribution in [-0.4, -0.2) is 17.1 Å². The van der Waals surface area contributed by atoms with Crippen LogP contribution in [0.2, 0.25) is 0 Å². The number of nitrogens with zero attached hydrogens (tertiary/aromatic N) is 1. The molecule has 7 heteroatoms. The zero-order chi connectivity index (χ0) is 15.4. The number of nitro groups is 1. The maximum atomic E-state index is 11.0. The smallest absolute Gasteiger partial charge is 0.293 e. The van der Waals surface area contributed by atoms with Crippen LogP contribution in [0.3, 0.4) is 0 Å². The summed E-state index contributed by atoms with van der Waals surface area (Å²) in [6, 6.07) is 9.72. The van der Waals surface area contributed by atoms with Gasteiger partial charge in [0.25, 0.3) is 5.69 Å². The molecule has 6 nitrogen and oxygen atoms in total. The van der Waals surface area contributed by atoms with Gasteiger partial charge in [0.1, 0.15) is 5.69 Å². The van der Waals surface area contributed by atoms with Crippen molar-refractivity contribution in [1.29, 1.82) is 0 Å². The first-order chi connectivity index (χ1) is 10.0. The number of phenols is 1. The fourth-order valence-corrected chi connectivity index (χ4v) is 2.18. The van der Waals surface area contributed by atoms with Gasteiger partial charge in [-0.05, 0) is 29.8 Å². The lowest BCUT2D eigenvalue weighted by molar-refractivity contribution is -0.384. The molecular weight excluding hydrogens is 340 g/mol. The number of methoxy groups -OCH3 is 1. The molecule has 2 aromatic carbocycles. The van der Waals surface area contributed by atoms with Crippen LogP contribution >= 0.6 is 15.9 Å². The van der Waals surface area contributed by atoms with Crippen molar-refractivity contribution in [3.8, 4) is 11.5 Å². The average molecular weight is 353 g/mol. The van der Waals surface area contributed by atoms with Crippen LogP contribution in [0, 0.1) is 10.1 Å². The number of rotatable bonds is 5. The summed E-state index contributed by atoms with van der Waals surface area (Å²) in [5.74, 6) is 0.412. The summed E-state index contributed by atoms with van der Waals surface area (Å²) in [6.07, 6.45) is 0. The van der Waals surface area contributed by atoms with Crippen molar-refractivity contribution in [3.05, 3.63) is 56.5 Å². The number of hydrogen-bond acceptors (Lipinski definition) is 5. The van der Waals surface area contributed by atoms with Crippen LogP contribution < -0.4 is 10.1 Å². The molecule has 2 rings (SSSR count). The van der Waals surface area contributed by atoms with Crippen LogP contribution in [-0.2, 0) is 6.54 Å². The summed E-state index contributed by atoms with van der Waals surface area (Å²) in [5, 5.41) is 23.6. The Kier molecular flexibility index (Phi) is 4.64. The van der Waals surface area contributed by atoms with Gasteiger partial charge < -0.3 is 15.2 Å². The molecule has 0 heterocycles. The SMILES string of the molecule is COc1cc(CNc2ccc(Br)cc2[N+](=O)[O-])ccc1O. The molecule has 0 atom stereocenters. The van der Waals surface area contributed by atoms with Crippen molar-refractivity contribution in [2.75, 3.05) is 12.4 Å². The van der Waals surface area contributed by atoms with Crippen LogP contribution in [0.25, 0.3) is 0 Å². The first-order valence-corrected chi connectivity index (χ1v) is 6.84. The van der Waals surface area contributed by atoms with Gasteiger partial charge in [-0.1, -0.05) is 22.0 Å². The van der Waals surface area contributed by atoms with Gasteiger partial charge in [0.15, 0.2) is 11.5 Å². The summed E-state index contributed by atoms with van der Waals surface area (Å²) < 4.78 is 5.67. The van der Waals surface area contributed by atoms with E-state index in [2.05, 4.69) is 21.2 Å². The Morgan fingerprint density at radius 1 is 1.33 bits per heavy atom. The van der Waals surface area contributed by atoms with Crippen molar-refractivity contribution in [1.82, 2.24) is 0 Å². The zero-order valence-corrected chi connectivity index (χ0v) is 12.8. The second-order valence-corrected chi connectivity index (χ2v) is 5.19. The summed E-state index contributed by atoms with van der Waals surface area (Å²) in [6.45, 7) is 0.374. The standard InChI is InChI=1S/C14H13BrN2O4/c1-21-14-6-9(2-5-13(14)18)8-16-11-4-3-10(15)7-12(11)17(19)20/h2-7,16,18H,8H2,1H3. The number of halogens is 1. The predicted octanol–water partition coefficient (Wildman–Crippen LogP) is 3.68. The number of hydrogen-bond donors (Lipinski definition) is 2. The van der Waals surface area contributed by atoms with Crippen LogP contribution in [0.4, 0.5) is 11.4 Å². The Morgan fingerprint density at radius 3 is 2.76 bits per heavy atom. The lowest BCUT2D eigenvalue weighted by atomic mass is 10.2. The molecule has 0 amide bonds. The largest absolute Gasteiger partial charge is 0.504 e. The quantitative estimate of drug-likeness (QED) is 0.633. The van der Waals surface area contributed by atoms with Crippen molar-refractivity contribution in [2.45, 2.75) is 6.54 Å². The van der Waals surface area contributed by atoms with Gasteiger partial charge >= 0.3 is 0 Å². The van der Waals surface area contributed by atoms with Gasteiger partial charge in [0, 0.05) is 17.1 Å². The highest BCUT2D eigenvalue weighted by atomic mass is 79.9. The van der Waals surface area contributed by atoms with Gasteiger partial charge in [-0.2, -0.15) is 0 Å². The van der Waals surface area contributed by atoms with Crippen molar-refractivity contribution in [3.63, 3.8) is 0 Å². The maximum absolute atomic E-state index is 11.0. The van der Waals surface area contributed by atoms with E-state index in [1.165, 1.54) is 19.2 Å². The number of nitro benzene ring substituents is 1. The molecule has 0 fully saturated rings. The summed E-state index contributed by atoms with van der Waals surface area (Å²) in [5.41, 5.74) is 1.26. The highest BCUT2D eigenvalue weighted by Crippen LogP contribution is 2.30. The van der Waals surface area contributed by atoms with E-state index in [0.29, 0.717) is 22.5 Å². The minimum Gasteiger partial charge on any atom is -0.504 e. The molecular formula is C14H13BrN2O4. The monoisotopic (exact) mass is 352 g/mol. The molecule has 0 spiro atoms. The molecule has 110 valence electrons. The van der Waals surface area contributed by atoms with Crippen LogP contribution in [0.15, 0.2) is 40.9 Å². The second-order valence-electron chi connectivity index (χ2n) is 4.28. The second kappa shape index (κ2) is 6.45. The highest BCUT2D eigenvalue weighted by molar-refractivity contribution is 9.10. The predicted molar refractivity (Wildman–Crippen MR) is 82.8 cm³/mol. The summed E-state index contributed by atoms with van der Waals surface area (Å²) >= 11 is 3.21. The minimum absolute atomic E-state index is 0.00452. The molecule has 2 N–H and O–H groups in total. The third-order valence-corrected chi connectivity index (χ3v) is 3.38. The third kappa shape index (κ3) is 3.63. The van der Waals surface area contributed by atoms with Crippen molar-refractivity contribution >= 4 is 27.3 Å². The van der Waals surface area contributed by atoms with Gasteiger partial charge in [0.2, 0.25) is 0 Å². The molecule has 0 aliphatic heterocycles. The van der Waals surface area contributed by atoms with E-state index in [-0.39, 0.29) is 11.4 Å². The Labute approximate surface area is 129 Å². The fraction of sp³-hybridized carbons (Fsp3) is 0.143. The van der Waals surface area contributed by atoms with Crippen molar-refractivity contribution in [2.24, 2.45) is 0 Å². The lowest BCUT2D eigenvalue weighted by Crippen LogP contribution is -2.03. The van der Waals surface area contributed by atoms with Crippen LogP contribution in [0.1, 0.15) is 5.56 Å². The van der Waals surface area contributed by atoms with E-state index in [1.807, 2.05) is 0 Å². The highest BCUT2D eigenvalue weighted by Gasteiger charge is 2.14. The Morgan fingerprint density at radius 2 is 2.10 bits per heavy atom. The number of nitrogens with one attached hydrogen (secondary N) is 1. The summed E-state index contributed by atoms with van der Waals surface area (Å²) in [4.78, 5) is 10.6. The topological polar surface area (TPSA) is 84.6 Å². The molecule has 0 unspecified atom stereocenters. The number of aromatic hydroxyl groups is 1. The first-order valence-electron chi connectivity index (χ1n) is 6.05. The number of anilines is 1. The van der Waals surface area contributed by atoms with E-state index in [4.69, 9.17) is 4.74 Å². The molecule has 2 aromatic rings. The summed E-state index contributed by atoms with van der Waals surface area (Å²) in [7, 11) is 1.46.